The molecule has 0 aliphatic carbocycles. The first-order valence-corrected chi connectivity index (χ1v) is 4.02. The lowest BCUT2D eigenvalue weighted by molar-refractivity contribution is -0.141. The van der Waals surface area contributed by atoms with E-state index in [1.165, 1.54) is 6.92 Å². The minimum Gasteiger partial charge on any atom is -0.792 e. The Morgan fingerprint density at radius 3 is 1.29 bits per heavy atom. The van der Waals surface area contributed by atoms with Crippen molar-refractivity contribution < 1.29 is 14.4 Å². The topological polar surface area (TPSA) is 86.6 Å². The molecule has 0 unspecified atom stereocenters. The van der Waals surface area contributed by atoms with E-state index in [0.29, 0.717) is 0 Å². The van der Waals surface area contributed by atoms with E-state index < -0.39 is 22.8 Å². The summed E-state index contributed by atoms with van der Waals surface area (Å²) in [6.45, 7) is 4.49. The van der Waals surface area contributed by atoms with E-state index in [0.717, 1.165) is 20.8 Å². The van der Waals surface area contributed by atoms with Gasteiger partial charge in [0.25, 0.3) is 0 Å². The number of nitrogens with zero attached hydrogens (tertiary/aromatic N) is 1. The van der Waals surface area contributed by atoms with Gasteiger partial charge in [-0.25, -0.2) is 0 Å². The third kappa shape index (κ3) is 1.57. The van der Waals surface area contributed by atoms with Gasteiger partial charge in [-0.15, -0.1) is 0 Å². The van der Waals surface area contributed by atoms with Crippen LogP contribution >= 0.6 is 0 Å². The number of Topliss-reactive ketones (excluding diaryl/α,β-unsaturated/α-hetero) is 3. The highest BCUT2D eigenvalue weighted by atomic mass is 16.4. The molecule has 0 atom stereocenters. The Balaban J connectivity index is 5.77. The summed E-state index contributed by atoms with van der Waals surface area (Å²) in [7, 11) is 0. The highest BCUT2D eigenvalue weighted by Gasteiger charge is 2.47. The number of ketones is 3. The van der Waals surface area contributed by atoms with Gasteiger partial charge in [0.05, 0.1) is 0 Å². The molecule has 0 heterocycles. The molecular formula is C9H12NO4-. The van der Waals surface area contributed by atoms with E-state index in [-0.39, 0.29) is 5.71 Å². The molecule has 78 valence electrons. The number of rotatable bonds is 4. The van der Waals surface area contributed by atoms with Crippen LogP contribution in [-0.2, 0) is 14.4 Å². The van der Waals surface area contributed by atoms with Crippen LogP contribution in [0.1, 0.15) is 27.7 Å². The van der Waals surface area contributed by atoms with Crippen LogP contribution in [0.2, 0.25) is 0 Å². The first kappa shape index (κ1) is 12.5. The van der Waals surface area contributed by atoms with Crippen LogP contribution in [0, 0.1) is 10.6 Å². The van der Waals surface area contributed by atoms with Crippen molar-refractivity contribution in [2.45, 2.75) is 27.7 Å². The molecule has 0 saturated heterocycles. The minimum atomic E-state index is -1.97. The summed E-state index contributed by atoms with van der Waals surface area (Å²) in [5, 5.41) is 12.9. The first-order valence-electron chi connectivity index (χ1n) is 4.02. The van der Waals surface area contributed by atoms with Gasteiger partial charge in [-0.3, -0.25) is 14.4 Å². The molecule has 0 amide bonds. The van der Waals surface area contributed by atoms with E-state index >= 15 is 0 Å². The van der Waals surface area contributed by atoms with Crippen LogP contribution in [0.5, 0.6) is 0 Å². The Hall–Kier alpha value is -1.52. The Bertz CT molecular complexity index is 281. The zero-order chi connectivity index (χ0) is 11.5. The molecule has 0 aliphatic rings. The summed E-state index contributed by atoms with van der Waals surface area (Å²) in [5.41, 5.74) is -2.27. The number of hydrogen-bond donors (Lipinski definition) is 0. The van der Waals surface area contributed by atoms with Gasteiger partial charge in [0, 0.05) is 5.71 Å². The molecule has 0 aromatic heterocycles. The second kappa shape index (κ2) is 4.13. The summed E-state index contributed by atoms with van der Waals surface area (Å²) in [5.74, 6) is -2.01. The van der Waals surface area contributed by atoms with Crippen LogP contribution in [-0.4, -0.2) is 23.1 Å². The zero-order valence-electron chi connectivity index (χ0n) is 8.58. The molecule has 0 rings (SSSR count). The third-order valence-corrected chi connectivity index (χ3v) is 2.26. The fourth-order valence-corrected chi connectivity index (χ4v) is 1.58. The van der Waals surface area contributed by atoms with E-state index in [1.54, 1.807) is 0 Å². The van der Waals surface area contributed by atoms with Crippen LogP contribution < -0.4 is 0 Å². The van der Waals surface area contributed by atoms with Gasteiger partial charge in [0.1, 0.15) is 0 Å². The molecule has 0 bridgehead atoms. The summed E-state index contributed by atoms with van der Waals surface area (Å²) in [6.07, 6.45) is 0. The van der Waals surface area contributed by atoms with Gasteiger partial charge >= 0.3 is 0 Å². The van der Waals surface area contributed by atoms with Gasteiger partial charge in [-0.1, -0.05) is 0 Å². The molecule has 0 fully saturated rings. The molecule has 0 spiro atoms. The van der Waals surface area contributed by atoms with Gasteiger partial charge < -0.3 is 10.4 Å². The SMILES string of the molecule is CC(=O)C(C(C)=O)(C(C)=O)C(C)=N[O-]. The lowest BCUT2D eigenvalue weighted by atomic mass is 9.73. The van der Waals surface area contributed by atoms with Gasteiger partial charge in [0.15, 0.2) is 22.8 Å². The second-order valence-electron chi connectivity index (χ2n) is 3.10. The van der Waals surface area contributed by atoms with Crippen molar-refractivity contribution in [3.63, 3.8) is 0 Å². The Morgan fingerprint density at radius 2 is 1.21 bits per heavy atom. The van der Waals surface area contributed by atoms with E-state index in [9.17, 15) is 19.6 Å². The maximum absolute atomic E-state index is 11.3. The number of carbonyl (C=O) groups is 3. The van der Waals surface area contributed by atoms with Crippen LogP contribution in [0.15, 0.2) is 5.16 Å². The average molecular weight is 198 g/mol. The first-order chi connectivity index (χ1) is 6.31. The van der Waals surface area contributed by atoms with Crippen molar-refractivity contribution in [2.24, 2.45) is 10.6 Å². The molecule has 0 aliphatic heterocycles. The van der Waals surface area contributed by atoms with E-state index in [2.05, 4.69) is 5.16 Å². The fraction of sp³-hybridized carbons (Fsp3) is 0.556. The smallest absolute Gasteiger partial charge is 0.181 e. The van der Waals surface area contributed by atoms with E-state index in [4.69, 9.17) is 0 Å². The van der Waals surface area contributed by atoms with Gasteiger partial charge in [-0.05, 0) is 27.7 Å². The highest BCUT2D eigenvalue weighted by Crippen LogP contribution is 2.24. The molecule has 0 N–H and O–H groups in total. The number of hydrogen-bond acceptors (Lipinski definition) is 5. The standard InChI is InChI=1S/C9H13NO4/c1-5(10-14)9(6(2)11,7(3)12)8(4)13/h14H,1-4H3/p-1. The molecule has 5 heteroatoms. The van der Waals surface area contributed by atoms with Crippen molar-refractivity contribution in [1.82, 2.24) is 0 Å². The summed E-state index contributed by atoms with van der Waals surface area (Å²) in [4.78, 5) is 33.9. The van der Waals surface area contributed by atoms with Crippen molar-refractivity contribution in [2.75, 3.05) is 0 Å². The van der Waals surface area contributed by atoms with Gasteiger partial charge in [-0.2, -0.15) is 0 Å². The van der Waals surface area contributed by atoms with Crippen LogP contribution in [0.25, 0.3) is 0 Å². The maximum Gasteiger partial charge on any atom is 0.181 e. The van der Waals surface area contributed by atoms with E-state index in [1.807, 2.05) is 0 Å². The Morgan fingerprint density at radius 1 is 0.929 bits per heavy atom. The Labute approximate surface area is 81.8 Å². The quantitative estimate of drug-likeness (QED) is 0.378. The Kier molecular flexibility index (Phi) is 3.68. The molecule has 0 radical (unpaired) electrons. The molecule has 0 aromatic rings. The van der Waals surface area contributed by atoms with Crippen LogP contribution in [0.4, 0.5) is 0 Å². The molecule has 5 nitrogen and oxygen atoms in total. The molecular weight excluding hydrogens is 186 g/mol. The summed E-state index contributed by atoms with van der Waals surface area (Å²) < 4.78 is 0. The third-order valence-electron chi connectivity index (χ3n) is 2.26. The minimum absolute atomic E-state index is 0.301. The van der Waals surface area contributed by atoms with Gasteiger partial charge in [0.2, 0.25) is 0 Å². The predicted molar refractivity (Wildman–Crippen MR) is 51.0 cm³/mol. The maximum atomic E-state index is 11.3. The summed E-state index contributed by atoms with van der Waals surface area (Å²) in [6, 6.07) is 0. The predicted octanol–water partition coefficient (Wildman–Crippen LogP) is 0.699. The normalized spacial score (nSPS) is 12.4. The van der Waals surface area contributed by atoms with Crippen LogP contribution in [0.3, 0.4) is 0 Å². The van der Waals surface area contributed by atoms with Crippen molar-refractivity contribution in [1.29, 1.82) is 0 Å². The zero-order valence-corrected chi connectivity index (χ0v) is 8.58. The van der Waals surface area contributed by atoms with Crippen molar-refractivity contribution in [3.05, 3.63) is 5.21 Å². The van der Waals surface area contributed by atoms with Crippen molar-refractivity contribution >= 4 is 23.1 Å². The second-order valence-corrected chi connectivity index (χ2v) is 3.10. The average Bonchev–Trinajstić information content (AvgIpc) is 2.02. The highest BCUT2D eigenvalue weighted by molar-refractivity contribution is 6.38. The number of carbonyl (C=O) groups excluding carboxylic acids is 3. The lowest BCUT2D eigenvalue weighted by Crippen LogP contribution is -2.48. The monoisotopic (exact) mass is 198 g/mol. The summed E-state index contributed by atoms with van der Waals surface area (Å²) >= 11 is 0. The molecule has 0 aromatic carbocycles. The fourth-order valence-electron chi connectivity index (χ4n) is 1.58. The largest absolute Gasteiger partial charge is 0.792 e. The van der Waals surface area contributed by atoms with Crippen molar-refractivity contribution in [3.8, 4) is 0 Å². The molecule has 14 heavy (non-hydrogen) atoms. The molecule has 0 saturated carbocycles. The lowest BCUT2D eigenvalue weighted by Gasteiger charge is -2.26.